The lowest BCUT2D eigenvalue weighted by Gasteiger charge is -2.11. The highest BCUT2D eigenvalue weighted by Gasteiger charge is 2.07. The molecule has 0 spiro atoms. The van der Waals surface area contributed by atoms with Crippen molar-refractivity contribution in [2.24, 2.45) is 0 Å². The second kappa shape index (κ2) is 6.53. The van der Waals surface area contributed by atoms with Crippen LogP contribution in [0.4, 0.5) is 0 Å². The summed E-state index contributed by atoms with van der Waals surface area (Å²) >= 11 is 0. The van der Waals surface area contributed by atoms with Crippen molar-refractivity contribution in [1.82, 2.24) is 0 Å². The van der Waals surface area contributed by atoms with Gasteiger partial charge in [0.25, 0.3) is 0 Å². The summed E-state index contributed by atoms with van der Waals surface area (Å²) in [7, 11) is 0. The van der Waals surface area contributed by atoms with Gasteiger partial charge in [0.15, 0.2) is 0 Å². The van der Waals surface area contributed by atoms with Crippen LogP contribution < -0.4 is 5.32 Å². The Morgan fingerprint density at radius 3 is 2.00 bits per heavy atom. The molecular formula is C18H24N+. The third-order valence-corrected chi connectivity index (χ3v) is 3.68. The molecular weight excluding hydrogens is 230 g/mol. The van der Waals surface area contributed by atoms with Gasteiger partial charge in [-0.05, 0) is 18.4 Å². The zero-order valence-corrected chi connectivity index (χ0v) is 12.1. The first-order valence-electron chi connectivity index (χ1n) is 7.14. The SMILES string of the molecule is CC(C)c1ccc(C[NH2+][C@H](C)c2ccccc2)cc1. The molecule has 0 aliphatic rings. The Kier molecular flexibility index (Phi) is 4.75. The lowest BCUT2D eigenvalue weighted by Crippen LogP contribution is -2.83. The Bertz CT molecular complexity index is 485. The first-order chi connectivity index (χ1) is 9.16. The fraction of sp³-hybridized carbons (Fsp3) is 0.333. The van der Waals surface area contributed by atoms with Crippen molar-refractivity contribution in [3.8, 4) is 0 Å². The third kappa shape index (κ3) is 3.93. The Balaban J connectivity index is 1.92. The highest BCUT2D eigenvalue weighted by atomic mass is 14.9. The summed E-state index contributed by atoms with van der Waals surface area (Å²) in [6.45, 7) is 7.77. The molecule has 1 atom stereocenters. The molecule has 0 aliphatic heterocycles. The van der Waals surface area contributed by atoms with E-state index < -0.39 is 0 Å². The van der Waals surface area contributed by atoms with Gasteiger partial charge in [0, 0.05) is 11.1 Å². The summed E-state index contributed by atoms with van der Waals surface area (Å²) in [5, 5.41) is 2.39. The van der Waals surface area contributed by atoms with Crippen molar-refractivity contribution in [3.05, 3.63) is 71.3 Å². The molecule has 0 aliphatic carbocycles. The largest absolute Gasteiger partial charge is 0.337 e. The van der Waals surface area contributed by atoms with Crippen molar-refractivity contribution in [3.63, 3.8) is 0 Å². The second-order valence-electron chi connectivity index (χ2n) is 5.54. The van der Waals surface area contributed by atoms with Gasteiger partial charge in [-0.1, -0.05) is 68.4 Å². The predicted octanol–water partition coefficient (Wildman–Crippen LogP) is 3.63. The summed E-state index contributed by atoms with van der Waals surface area (Å²) in [6, 6.07) is 20.2. The molecule has 1 heteroatoms. The summed E-state index contributed by atoms with van der Waals surface area (Å²) < 4.78 is 0. The fourth-order valence-electron chi connectivity index (χ4n) is 2.24. The summed E-state index contributed by atoms with van der Waals surface area (Å²) in [5.41, 5.74) is 4.20. The Hall–Kier alpha value is -1.60. The minimum atomic E-state index is 0.506. The maximum atomic E-state index is 2.39. The van der Waals surface area contributed by atoms with Gasteiger partial charge < -0.3 is 5.32 Å². The van der Waals surface area contributed by atoms with Gasteiger partial charge in [-0.3, -0.25) is 0 Å². The molecule has 0 fully saturated rings. The molecule has 2 aromatic carbocycles. The Labute approximate surface area is 116 Å². The van der Waals surface area contributed by atoms with E-state index in [1.165, 1.54) is 16.7 Å². The minimum absolute atomic E-state index is 0.506. The standard InChI is InChI=1S/C18H23N/c1-14(2)17-11-9-16(10-12-17)13-19-15(3)18-7-5-4-6-8-18/h4-12,14-15,19H,13H2,1-3H3/p+1/t15-/m1/s1. The van der Waals surface area contributed by atoms with Crippen molar-refractivity contribution in [2.75, 3.05) is 0 Å². The van der Waals surface area contributed by atoms with E-state index in [1.54, 1.807) is 0 Å². The highest BCUT2D eigenvalue weighted by Crippen LogP contribution is 2.14. The van der Waals surface area contributed by atoms with E-state index in [2.05, 4.69) is 80.7 Å². The van der Waals surface area contributed by atoms with E-state index in [1.807, 2.05) is 0 Å². The highest BCUT2D eigenvalue weighted by molar-refractivity contribution is 5.24. The quantitative estimate of drug-likeness (QED) is 0.839. The lowest BCUT2D eigenvalue weighted by molar-refractivity contribution is -0.707. The van der Waals surface area contributed by atoms with Crippen LogP contribution in [-0.2, 0) is 6.54 Å². The molecule has 2 N–H and O–H groups in total. The number of quaternary nitrogens is 1. The lowest BCUT2D eigenvalue weighted by atomic mass is 10.0. The average molecular weight is 254 g/mol. The maximum Gasteiger partial charge on any atom is 0.109 e. The first-order valence-corrected chi connectivity index (χ1v) is 7.14. The number of nitrogens with two attached hydrogens (primary N) is 1. The molecule has 0 amide bonds. The predicted molar refractivity (Wildman–Crippen MR) is 81.0 cm³/mol. The van der Waals surface area contributed by atoms with Crippen LogP contribution in [0.25, 0.3) is 0 Å². The average Bonchev–Trinajstić information content (AvgIpc) is 2.46. The fourth-order valence-corrected chi connectivity index (χ4v) is 2.24. The molecule has 0 radical (unpaired) electrons. The molecule has 1 nitrogen and oxygen atoms in total. The van der Waals surface area contributed by atoms with E-state index in [-0.39, 0.29) is 0 Å². The van der Waals surface area contributed by atoms with Crippen molar-refractivity contribution < 1.29 is 5.32 Å². The molecule has 100 valence electrons. The number of hydrogen-bond donors (Lipinski definition) is 1. The normalized spacial score (nSPS) is 12.6. The summed E-state index contributed by atoms with van der Waals surface area (Å²) in [6.07, 6.45) is 0. The van der Waals surface area contributed by atoms with Crippen LogP contribution in [0.1, 0.15) is 49.4 Å². The van der Waals surface area contributed by atoms with Crippen LogP contribution in [-0.4, -0.2) is 0 Å². The second-order valence-corrected chi connectivity index (χ2v) is 5.54. The monoisotopic (exact) mass is 254 g/mol. The summed E-state index contributed by atoms with van der Waals surface area (Å²) in [5.74, 6) is 0.612. The molecule has 0 unspecified atom stereocenters. The molecule has 0 aromatic heterocycles. The zero-order valence-electron chi connectivity index (χ0n) is 12.1. The van der Waals surface area contributed by atoms with E-state index in [4.69, 9.17) is 0 Å². The molecule has 0 heterocycles. The third-order valence-electron chi connectivity index (χ3n) is 3.68. The van der Waals surface area contributed by atoms with E-state index in [0.717, 1.165) is 6.54 Å². The van der Waals surface area contributed by atoms with Crippen LogP contribution in [0, 0.1) is 0 Å². The van der Waals surface area contributed by atoms with Crippen LogP contribution in [0.15, 0.2) is 54.6 Å². The number of benzene rings is 2. The molecule has 0 saturated carbocycles. The zero-order chi connectivity index (χ0) is 13.7. The minimum Gasteiger partial charge on any atom is -0.337 e. The Morgan fingerprint density at radius 2 is 1.42 bits per heavy atom. The molecule has 0 bridgehead atoms. The van der Waals surface area contributed by atoms with Gasteiger partial charge in [-0.15, -0.1) is 0 Å². The van der Waals surface area contributed by atoms with E-state index in [9.17, 15) is 0 Å². The molecule has 2 aromatic rings. The maximum absolute atomic E-state index is 2.39. The summed E-state index contributed by atoms with van der Waals surface area (Å²) in [4.78, 5) is 0. The van der Waals surface area contributed by atoms with Gasteiger partial charge in [0.05, 0.1) is 0 Å². The number of hydrogen-bond acceptors (Lipinski definition) is 0. The topological polar surface area (TPSA) is 16.6 Å². The van der Waals surface area contributed by atoms with Crippen LogP contribution in [0.3, 0.4) is 0 Å². The number of rotatable bonds is 5. The van der Waals surface area contributed by atoms with E-state index in [0.29, 0.717) is 12.0 Å². The van der Waals surface area contributed by atoms with Gasteiger partial charge in [-0.2, -0.15) is 0 Å². The van der Waals surface area contributed by atoms with Gasteiger partial charge in [0.1, 0.15) is 12.6 Å². The van der Waals surface area contributed by atoms with Crippen LogP contribution >= 0.6 is 0 Å². The molecule has 0 saturated heterocycles. The first kappa shape index (κ1) is 13.8. The van der Waals surface area contributed by atoms with Crippen LogP contribution in [0.5, 0.6) is 0 Å². The van der Waals surface area contributed by atoms with E-state index >= 15 is 0 Å². The van der Waals surface area contributed by atoms with Crippen molar-refractivity contribution in [2.45, 2.75) is 39.3 Å². The van der Waals surface area contributed by atoms with Gasteiger partial charge in [0.2, 0.25) is 0 Å². The van der Waals surface area contributed by atoms with Gasteiger partial charge >= 0.3 is 0 Å². The van der Waals surface area contributed by atoms with Crippen LogP contribution in [0.2, 0.25) is 0 Å². The Morgan fingerprint density at radius 1 is 0.789 bits per heavy atom. The van der Waals surface area contributed by atoms with Crippen molar-refractivity contribution in [1.29, 1.82) is 0 Å². The molecule has 2 rings (SSSR count). The van der Waals surface area contributed by atoms with Crippen molar-refractivity contribution >= 4 is 0 Å². The molecule has 19 heavy (non-hydrogen) atoms. The van der Waals surface area contributed by atoms with Gasteiger partial charge in [-0.25, -0.2) is 0 Å². The smallest absolute Gasteiger partial charge is 0.109 e.